The molecule has 4 heteroatoms. The molecule has 3 rings (SSSR count). The van der Waals surface area contributed by atoms with Gasteiger partial charge < -0.3 is 14.6 Å². The molecule has 0 aliphatic heterocycles. The highest BCUT2D eigenvalue weighted by molar-refractivity contribution is 6.08. The molecule has 0 N–H and O–H groups in total. The molecular formula is C20H13O4-. The quantitative estimate of drug-likeness (QED) is 0.678. The average Bonchev–Trinajstić information content (AvgIpc) is 2.63. The van der Waals surface area contributed by atoms with Crippen LogP contribution < -0.4 is 9.84 Å². The van der Waals surface area contributed by atoms with Crippen LogP contribution in [-0.2, 0) is 0 Å². The lowest BCUT2D eigenvalue weighted by atomic mass is 10.0. The van der Waals surface area contributed by atoms with Crippen molar-refractivity contribution in [3.63, 3.8) is 0 Å². The van der Waals surface area contributed by atoms with Gasteiger partial charge in [-0.25, -0.2) is 0 Å². The smallest absolute Gasteiger partial charge is 0.193 e. The lowest BCUT2D eigenvalue weighted by Gasteiger charge is -2.08. The highest BCUT2D eigenvalue weighted by Gasteiger charge is 2.08. The summed E-state index contributed by atoms with van der Waals surface area (Å²) in [5, 5.41) is 10.7. The van der Waals surface area contributed by atoms with E-state index in [9.17, 15) is 14.7 Å². The molecule has 0 fully saturated rings. The Bertz CT molecular complexity index is 850. The highest BCUT2D eigenvalue weighted by atomic mass is 16.5. The number of carbonyl (C=O) groups is 2. The molecule has 118 valence electrons. The maximum absolute atomic E-state index is 12.3. The van der Waals surface area contributed by atoms with Crippen molar-refractivity contribution in [2.45, 2.75) is 0 Å². The first-order valence-corrected chi connectivity index (χ1v) is 7.32. The normalized spacial score (nSPS) is 10.2. The van der Waals surface area contributed by atoms with Gasteiger partial charge in [0.25, 0.3) is 0 Å². The Kier molecular flexibility index (Phi) is 4.38. The van der Waals surface area contributed by atoms with Crippen LogP contribution in [0.3, 0.4) is 0 Å². The lowest BCUT2D eigenvalue weighted by molar-refractivity contribution is -0.255. The van der Waals surface area contributed by atoms with E-state index in [2.05, 4.69) is 0 Å². The van der Waals surface area contributed by atoms with E-state index in [1.54, 1.807) is 48.5 Å². The maximum Gasteiger partial charge on any atom is 0.193 e. The van der Waals surface area contributed by atoms with Gasteiger partial charge in [-0.1, -0.05) is 30.3 Å². The third-order valence-electron chi connectivity index (χ3n) is 3.48. The minimum absolute atomic E-state index is 0.0551. The molecule has 0 unspecified atom stereocenters. The van der Waals surface area contributed by atoms with Crippen molar-refractivity contribution >= 4 is 11.8 Å². The van der Waals surface area contributed by atoms with Gasteiger partial charge in [-0.15, -0.1) is 0 Å². The molecule has 4 nitrogen and oxygen atoms in total. The number of carboxylic acid groups (broad SMARTS) is 1. The Balaban J connectivity index is 1.72. The molecule has 3 aromatic carbocycles. The molecule has 0 aliphatic rings. The lowest BCUT2D eigenvalue weighted by Crippen LogP contribution is -2.21. The van der Waals surface area contributed by atoms with Crippen molar-refractivity contribution in [3.05, 3.63) is 95.6 Å². The molecule has 0 saturated heterocycles. The number of benzene rings is 3. The summed E-state index contributed by atoms with van der Waals surface area (Å²) in [6.45, 7) is 0. The van der Waals surface area contributed by atoms with Crippen LogP contribution in [0.25, 0.3) is 0 Å². The predicted octanol–water partition coefficient (Wildman–Crippen LogP) is 3.07. The number of carboxylic acids is 1. The molecule has 0 atom stereocenters. The minimum atomic E-state index is -1.23. The Morgan fingerprint density at radius 1 is 0.625 bits per heavy atom. The zero-order chi connectivity index (χ0) is 16.9. The van der Waals surface area contributed by atoms with Gasteiger partial charge in [0.05, 0.1) is 5.97 Å². The Hall–Kier alpha value is -3.40. The van der Waals surface area contributed by atoms with Crippen LogP contribution in [0.4, 0.5) is 0 Å². The molecule has 3 aromatic rings. The Morgan fingerprint density at radius 3 is 1.58 bits per heavy atom. The fraction of sp³-hybridized carbons (Fsp3) is 0. The predicted molar refractivity (Wildman–Crippen MR) is 87.2 cm³/mol. The summed E-state index contributed by atoms with van der Waals surface area (Å²) < 4.78 is 5.63. The monoisotopic (exact) mass is 317 g/mol. The first-order chi connectivity index (χ1) is 11.6. The Morgan fingerprint density at radius 2 is 1.08 bits per heavy atom. The largest absolute Gasteiger partial charge is 0.545 e. The van der Waals surface area contributed by atoms with E-state index in [0.29, 0.717) is 22.6 Å². The Labute approximate surface area is 139 Å². The van der Waals surface area contributed by atoms with Crippen molar-refractivity contribution < 1.29 is 19.4 Å². The molecule has 24 heavy (non-hydrogen) atoms. The van der Waals surface area contributed by atoms with Crippen LogP contribution in [0.1, 0.15) is 26.3 Å². The van der Waals surface area contributed by atoms with E-state index in [1.807, 2.05) is 18.2 Å². The van der Waals surface area contributed by atoms with Gasteiger partial charge >= 0.3 is 0 Å². The molecule has 0 heterocycles. The van der Waals surface area contributed by atoms with Gasteiger partial charge in [-0.3, -0.25) is 4.79 Å². The van der Waals surface area contributed by atoms with E-state index >= 15 is 0 Å². The summed E-state index contributed by atoms with van der Waals surface area (Å²) in [6, 6.07) is 21.8. The summed E-state index contributed by atoms with van der Waals surface area (Å²) >= 11 is 0. The van der Waals surface area contributed by atoms with Gasteiger partial charge in [0, 0.05) is 11.1 Å². The second-order valence-corrected chi connectivity index (χ2v) is 5.13. The van der Waals surface area contributed by atoms with E-state index in [-0.39, 0.29) is 11.3 Å². The molecule has 0 saturated carbocycles. The highest BCUT2D eigenvalue weighted by Crippen LogP contribution is 2.22. The second kappa shape index (κ2) is 6.79. The zero-order valence-corrected chi connectivity index (χ0v) is 12.6. The fourth-order valence-corrected chi connectivity index (χ4v) is 2.23. The number of ether oxygens (including phenoxy) is 1. The van der Waals surface area contributed by atoms with E-state index in [4.69, 9.17) is 4.74 Å². The van der Waals surface area contributed by atoms with Gasteiger partial charge in [0.2, 0.25) is 0 Å². The number of carbonyl (C=O) groups excluding carboxylic acids is 2. The van der Waals surface area contributed by atoms with Crippen molar-refractivity contribution in [1.82, 2.24) is 0 Å². The van der Waals surface area contributed by atoms with Crippen LogP contribution >= 0.6 is 0 Å². The number of hydrogen-bond donors (Lipinski definition) is 0. The molecular weight excluding hydrogens is 304 g/mol. The number of aromatic carboxylic acids is 1. The molecule has 0 aliphatic carbocycles. The summed E-state index contributed by atoms with van der Waals surface area (Å²) in [5.41, 5.74) is 1.29. The van der Waals surface area contributed by atoms with Gasteiger partial charge in [-0.05, 0) is 54.1 Å². The van der Waals surface area contributed by atoms with Gasteiger partial charge in [0.1, 0.15) is 11.5 Å². The minimum Gasteiger partial charge on any atom is -0.545 e. The number of rotatable bonds is 5. The van der Waals surface area contributed by atoms with Crippen LogP contribution in [0, 0.1) is 0 Å². The zero-order valence-electron chi connectivity index (χ0n) is 12.6. The first-order valence-electron chi connectivity index (χ1n) is 7.32. The van der Waals surface area contributed by atoms with Crippen LogP contribution in [0.2, 0.25) is 0 Å². The van der Waals surface area contributed by atoms with Crippen LogP contribution in [0.15, 0.2) is 78.9 Å². The van der Waals surface area contributed by atoms with Crippen molar-refractivity contribution in [3.8, 4) is 11.5 Å². The third kappa shape index (κ3) is 3.50. The summed E-state index contributed by atoms with van der Waals surface area (Å²) in [7, 11) is 0. The van der Waals surface area contributed by atoms with Crippen molar-refractivity contribution in [1.29, 1.82) is 0 Å². The van der Waals surface area contributed by atoms with Gasteiger partial charge in [-0.2, -0.15) is 0 Å². The topological polar surface area (TPSA) is 66.4 Å². The summed E-state index contributed by atoms with van der Waals surface area (Å²) in [5.74, 6) is -0.228. The maximum atomic E-state index is 12.3. The van der Waals surface area contributed by atoms with Crippen molar-refractivity contribution in [2.75, 3.05) is 0 Å². The van der Waals surface area contributed by atoms with E-state index in [1.165, 1.54) is 12.1 Å². The number of ketones is 1. The standard InChI is InChI=1S/C20H14O4/c21-19(14-4-2-1-3-5-14)15-6-10-17(11-7-15)24-18-12-8-16(9-13-18)20(22)23/h1-13H,(H,22,23)/p-1. The molecule has 0 aromatic heterocycles. The third-order valence-corrected chi connectivity index (χ3v) is 3.48. The molecule has 0 bridgehead atoms. The van der Waals surface area contributed by atoms with Crippen LogP contribution in [-0.4, -0.2) is 11.8 Å². The average molecular weight is 317 g/mol. The van der Waals surface area contributed by atoms with E-state index < -0.39 is 5.97 Å². The molecule has 0 amide bonds. The number of hydrogen-bond acceptors (Lipinski definition) is 4. The SMILES string of the molecule is O=C([O-])c1ccc(Oc2ccc(C(=O)c3ccccc3)cc2)cc1. The second-order valence-electron chi connectivity index (χ2n) is 5.13. The van der Waals surface area contributed by atoms with Crippen molar-refractivity contribution in [2.24, 2.45) is 0 Å². The van der Waals surface area contributed by atoms with E-state index in [0.717, 1.165) is 0 Å². The summed E-state index contributed by atoms with van der Waals surface area (Å²) in [6.07, 6.45) is 0. The molecule has 0 radical (unpaired) electrons. The fourth-order valence-electron chi connectivity index (χ4n) is 2.23. The first kappa shape index (κ1) is 15.5. The van der Waals surface area contributed by atoms with Gasteiger partial charge in [0.15, 0.2) is 5.78 Å². The summed E-state index contributed by atoms with van der Waals surface area (Å²) in [4.78, 5) is 23.0. The molecule has 0 spiro atoms. The van der Waals surface area contributed by atoms with Crippen LogP contribution in [0.5, 0.6) is 11.5 Å².